The molecule has 2 rings (SSSR count). The van der Waals surface area contributed by atoms with Crippen molar-refractivity contribution in [3.63, 3.8) is 0 Å². The summed E-state index contributed by atoms with van der Waals surface area (Å²) in [6.07, 6.45) is 2.20. The fourth-order valence-corrected chi connectivity index (χ4v) is 2.04. The number of nitriles is 1. The zero-order valence-corrected chi connectivity index (χ0v) is 10.4. The standard InChI is InChI=1S/C11H14ClN5/c1-7-9(5-13)11(17-16-10(7)12)15-8-3-2-4-14-6-8/h8,14H,2-4,6H2,1H3,(H,15,17)/t8-/m1/s1. The lowest BCUT2D eigenvalue weighted by atomic mass is 10.1. The van der Waals surface area contributed by atoms with E-state index in [1.54, 1.807) is 6.92 Å². The van der Waals surface area contributed by atoms with Gasteiger partial charge >= 0.3 is 0 Å². The number of halogens is 1. The van der Waals surface area contributed by atoms with Gasteiger partial charge in [0.2, 0.25) is 0 Å². The highest BCUT2D eigenvalue weighted by Gasteiger charge is 2.17. The van der Waals surface area contributed by atoms with Gasteiger partial charge in [0.25, 0.3) is 0 Å². The number of anilines is 1. The Balaban J connectivity index is 2.20. The first-order valence-corrected chi connectivity index (χ1v) is 6.00. The molecule has 6 heteroatoms. The van der Waals surface area contributed by atoms with E-state index in [1.807, 2.05) is 0 Å². The van der Waals surface area contributed by atoms with E-state index < -0.39 is 0 Å². The molecular formula is C11H14ClN5. The third kappa shape index (κ3) is 2.65. The van der Waals surface area contributed by atoms with E-state index in [2.05, 4.69) is 26.9 Å². The summed E-state index contributed by atoms with van der Waals surface area (Å²) in [5.41, 5.74) is 1.16. The molecule has 0 amide bonds. The quantitative estimate of drug-likeness (QED) is 0.833. The Morgan fingerprint density at radius 2 is 2.35 bits per heavy atom. The van der Waals surface area contributed by atoms with Crippen molar-refractivity contribution in [3.8, 4) is 6.07 Å². The lowest BCUT2D eigenvalue weighted by Crippen LogP contribution is -2.38. The summed E-state index contributed by atoms with van der Waals surface area (Å²) < 4.78 is 0. The van der Waals surface area contributed by atoms with E-state index in [4.69, 9.17) is 16.9 Å². The molecule has 0 aliphatic carbocycles. The maximum absolute atomic E-state index is 9.12. The Morgan fingerprint density at radius 3 is 3.00 bits per heavy atom. The maximum atomic E-state index is 9.12. The monoisotopic (exact) mass is 251 g/mol. The number of aromatic nitrogens is 2. The molecular weight excluding hydrogens is 238 g/mol. The third-order valence-electron chi connectivity index (χ3n) is 2.91. The van der Waals surface area contributed by atoms with Crippen LogP contribution in [-0.4, -0.2) is 29.3 Å². The molecule has 1 aliphatic rings. The van der Waals surface area contributed by atoms with Gasteiger partial charge in [-0.1, -0.05) is 11.6 Å². The van der Waals surface area contributed by atoms with Gasteiger partial charge in [-0.05, 0) is 26.3 Å². The van der Waals surface area contributed by atoms with Crippen molar-refractivity contribution in [3.05, 3.63) is 16.3 Å². The largest absolute Gasteiger partial charge is 0.363 e. The van der Waals surface area contributed by atoms with E-state index in [9.17, 15) is 0 Å². The van der Waals surface area contributed by atoms with Gasteiger partial charge in [-0.3, -0.25) is 0 Å². The average Bonchev–Trinajstić information content (AvgIpc) is 2.36. The van der Waals surface area contributed by atoms with Crippen molar-refractivity contribution in [1.82, 2.24) is 15.5 Å². The minimum atomic E-state index is 0.286. The summed E-state index contributed by atoms with van der Waals surface area (Å²) in [6, 6.07) is 2.42. The smallest absolute Gasteiger partial charge is 0.167 e. The predicted molar refractivity (Wildman–Crippen MR) is 66.0 cm³/mol. The predicted octanol–water partition coefficient (Wildman–Crippen LogP) is 1.47. The molecule has 0 aromatic carbocycles. The van der Waals surface area contributed by atoms with Gasteiger partial charge in [0, 0.05) is 18.2 Å². The van der Waals surface area contributed by atoms with E-state index >= 15 is 0 Å². The molecule has 0 saturated carbocycles. The molecule has 0 radical (unpaired) electrons. The van der Waals surface area contributed by atoms with E-state index in [1.165, 1.54) is 0 Å². The Kier molecular flexibility index (Phi) is 3.77. The van der Waals surface area contributed by atoms with Gasteiger partial charge in [0.15, 0.2) is 11.0 Å². The summed E-state index contributed by atoms with van der Waals surface area (Å²) in [5, 5.41) is 23.8. The minimum Gasteiger partial charge on any atom is -0.363 e. The van der Waals surface area contributed by atoms with Gasteiger partial charge in [0.05, 0.1) is 0 Å². The van der Waals surface area contributed by atoms with Crippen molar-refractivity contribution in [2.24, 2.45) is 0 Å². The van der Waals surface area contributed by atoms with Crippen LogP contribution in [0, 0.1) is 18.3 Å². The van der Waals surface area contributed by atoms with Crippen LogP contribution in [-0.2, 0) is 0 Å². The van der Waals surface area contributed by atoms with E-state index in [-0.39, 0.29) is 5.15 Å². The molecule has 0 spiro atoms. The van der Waals surface area contributed by atoms with Crippen molar-refractivity contribution in [2.75, 3.05) is 18.4 Å². The first-order chi connectivity index (χ1) is 8.22. The fraction of sp³-hybridized carbons (Fsp3) is 0.545. The lowest BCUT2D eigenvalue weighted by Gasteiger charge is -2.24. The second kappa shape index (κ2) is 5.30. The molecule has 1 fully saturated rings. The first-order valence-electron chi connectivity index (χ1n) is 5.62. The van der Waals surface area contributed by atoms with Crippen LogP contribution in [0.25, 0.3) is 0 Å². The molecule has 1 atom stereocenters. The highest BCUT2D eigenvalue weighted by atomic mass is 35.5. The van der Waals surface area contributed by atoms with Gasteiger partial charge in [0.1, 0.15) is 11.6 Å². The molecule has 0 unspecified atom stereocenters. The van der Waals surface area contributed by atoms with Crippen molar-refractivity contribution in [2.45, 2.75) is 25.8 Å². The van der Waals surface area contributed by atoms with Crippen LogP contribution in [0.5, 0.6) is 0 Å². The van der Waals surface area contributed by atoms with E-state index in [0.717, 1.165) is 25.9 Å². The van der Waals surface area contributed by atoms with Gasteiger partial charge in [-0.2, -0.15) is 5.26 Å². The average molecular weight is 252 g/mol. The number of piperidine rings is 1. The third-order valence-corrected chi connectivity index (χ3v) is 3.27. The number of nitrogens with one attached hydrogen (secondary N) is 2. The zero-order valence-electron chi connectivity index (χ0n) is 9.63. The minimum absolute atomic E-state index is 0.286. The number of hydrogen-bond donors (Lipinski definition) is 2. The van der Waals surface area contributed by atoms with Gasteiger partial charge in [-0.25, -0.2) is 0 Å². The van der Waals surface area contributed by atoms with Gasteiger partial charge < -0.3 is 10.6 Å². The van der Waals surface area contributed by atoms with Crippen LogP contribution in [0.3, 0.4) is 0 Å². The molecule has 90 valence electrons. The summed E-state index contributed by atoms with van der Waals surface area (Å²) >= 11 is 5.84. The summed E-state index contributed by atoms with van der Waals surface area (Å²) in [5.74, 6) is 0.531. The Bertz CT molecular complexity index is 448. The summed E-state index contributed by atoms with van der Waals surface area (Å²) in [4.78, 5) is 0. The fourth-order valence-electron chi connectivity index (χ4n) is 1.91. The topological polar surface area (TPSA) is 73.6 Å². The Morgan fingerprint density at radius 1 is 1.53 bits per heavy atom. The van der Waals surface area contributed by atoms with Crippen LogP contribution in [0.1, 0.15) is 24.0 Å². The number of hydrogen-bond acceptors (Lipinski definition) is 5. The Hall–Kier alpha value is -1.38. The SMILES string of the molecule is Cc1c(Cl)nnc(N[C@@H]2CCCNC2)c1C#N. The van der Waals surface area contributed by atoms with Crippen LogP contribution in [0.2, 0.25) is 5.15 Å². The van der Waals surface area contributed by atoms with Crippen LogP contribution in [0.4, 0.5) is 5.82 Å². The molecule has 1 aromatic heterocycles. The second-order valence-corrected chi connectivity index (χ2v) is 4.50. The van der Waals surface area contributed by atoms with Crippen molar-refractivity contribution >= 4 is 17.4 Å². The maximum Gasteiger partial charge on any atom is 0.167 e. The molecule has 5 nitrogen and oxygen atoms in total. The Labute approximate surface area is 105 Å². The molecule has 2 N–H and O–H groups in total. The lowest BCUT2D eigenvalue weighted by molar-refractivity contribution is 0.478. The molecule has 1 aromatic rings. The summed E-state index contributed by atoms with van der Waals surface area (Å²) in [6.45, 7) is 3.71. The highest BCUT2D eigenvalue weighted by molar-refractivity contribution is 6.30. The van der Waals surface area contributed by atoms with Crippen LogP contribution >= 0.6 is 11.6 Å². The van der Waals surface area contributed by atoms with Crippen molar-refractivity contribution in [1.29, 1.82) is 5.26 Å². The second-order valence-electron chi connectivity index (χ2n) is 4.14. The van der Waals surface area contributed by atoms with Gasteiger partial charge in [-0.15, -0.1) is 10.2 Å². The normalized spacial score (nSPS) is 19.7. The first kappa shape index (κ1) is 12.1. The van der Waals surface area contributed by atoms with Crippen LogP contribution < -0.4 is 10.6 Å². The number of nitrogens with zero attached hydrogens (tertiary/aromatic N) is 3. The highest BCUT2D eigenvalue weighted by Crippen LogP contribution is 2.22. The molecule has 1 saturated heterocycles. The van der Waals surface area contributed by atoms with Crippen molar-refractivity contribution < 1.29 is 0 Å². The molecule has 0 bridgehead atoms. The number of rotatable bonds is 2. The molecule has 1 aliphatic heterocycles. The molecule has 2 heterocycles. The molecule has 17 heavy (non-hydrogen) atoms. The van der Waals surface area contributed by atoms with Crippen LogP contribution in [0.15, 0.2) is 0 Å². The van der Waals surface area contributed by atoms with E-state index in [0.29, 0.717) is 23.0 Å². The zero-order chi connectivity index (χ0) is 12.3. The summed E-state index contributed by atoms with van der Waals surface area (Å²) in [7, 11) is 0.